The molecule has 5 atom stereocenters. The van der Waals surface area contributed by atoms with E-state index in [-0.39, 0.29) is 12.7 Å². The van der Waals surface area contributed by atoms with Crippen LogP contribution in [0.1, 0.15) is 6.92 Å². The lowest BCUT2D eigenvalue weighted by Gasteiger charge is -2.41. The molecule has 78 valence electrons. The topological polar surface area (TPSA) is 84.9 Å². The van der Waals surface area contributed by atoms with Crippen molar-refractivity contribution in [1.82, 2.24) is 0 Å². The minimum absolute atomic E-state index is 0.174. The zero-order chi connectivity index (χ0) is 10.0. The Labute approximate surface area is 77.4 Å². The van der Waals surface area contributed by atoms with Gasteiger partial charge in [0.25, 0.3) is 0 Å². The number of rotatable bonds is 2. The van der Waals surface area contributed by atoms with Crippen LogP contribution in [0.15, 0.2) is 0 Å². The van der Waals surface area contributed by atoms with Crippen LogP contribution in [0.4, 0.5) is 0 Å². The first-order valence-corrected chi connectivity index (χ1v) is 4.34. The van der Waals surface area contributed by atoms with Gasteiger partial charge in [0.1, 0.15) is 18.3 Å². The molecule has 1 fully saturated rings. The average molecular weight is 191 g/mol. The second kappa shape index (κ2) is 4.34. The van der Waals surface area contributed by atoms with Crippen molar-refractivity contribution in [3.05, 3.63) is 0 Å². The van der Waals surface area contributed by atoms with Crippen molar-refractivity contribution in [1.29, 1.82) is 0 Å². The van der Waals surface area contributed by atoms with Crippen LogP contribution < -0.4 is 5.73 Å². The molecule has 5 heteroatoms. The molecule has 0 aromatic heterocycles. The van der Waals surface area contributed by atoms with Gasteiger partial charge in [0.05, 0.1) is 18.8 Å². The summed E-state index contributed by atoms with van der Waals surface area (Å²) < 4.78 is 10.4. The number of ether oxygens (including phenoxy) is 2. The van der Waals surface area contributed by atoms with E-state index in [0.717, 1.165) is 0 Å². The zero-order valence-corrected chi connectivity index (χ0v) is 7.88. The Morgan fingerprint density at radius 2 is 2.15 bits per heavy atom. The van der Waals surface area contributed by atoms with Gasteiger partial charge in [0, 0.05) is 7.11 Å². The summed E-state index contributed by atoms with van der Waals surface area (Å²) in [7, 11) is 1.46. The third-order valence-electron chi connectivity index (χ3n) is 2.48. The summed E-state index contributed by atoms with van der Waals surface area (Å²) in [6, 6.07) is -0.465. The van der Waals surface area contributed by atoms with Crippen LogP contribution in [-0.2, 0) is 9.47 Å². The van der Waals surface area contributed by atoms with Gasteiger partial charge in [-0.15, -0.1) is 0 Å². The molecule has 0 saturated carbocycles. The van der Waals surface area contributed by atoms with Crippen LogP contribution in [0.3, 0.4) is 0 Å². The normalized spacial score (nSPS) is 46.4. The fraction of sp³-hybridized carbons (Fsp3) is 1.00. The van der Waals surface area contributed by atoms with Crippen molar-refractivity contribution < 1.29 is 19.7 Å². The number of hydrogen-bond donors (Lipinski definition) is 3. The summed E-state index contributed by atoms with van der Waals surface area (Å²) in [6.07, 6.45) is -2.09. The molecule has 1 heterocycles. The van der Waals surface area contributed by atoms with Gasteiger partial charge in [0.15, 0.2) is 0 Å². The van der Waals surface area contributed by atoms with Crippen LogP contribution in [0.2, 0.25) is 0 Å². The maximum absolute atomic E-state index is 9.67. The number of aliphatic hydroxyl groups excluding tert-OH is 2. The van der Waals surface area contributed by atoms with Crippen LogP contribution in [0, 0.1) is 0 Å². The summed E-state index contributed by atoms with van der Waals surface area (Å²) in [4.78, 5) is 0. The van der Waals surface area contributed by atoms with E-state index >= 15 is 0 Å². The van der Waals surface area contributed by atoms with Crippen molar-refractivity contribution in [3.63, 3.8) is 0 Å². The molecule has 1 saturated heterocycles. The number of nitrogens with two attached hydrogens (primary N) is 1. The summed E-state index contributed by atoms with van der Waals surface area (Å²) >= 11 is 0. The minimum atomic E-state index is -0.786. The SMILES string of the molecule is COC1C(O)C(N)[C@H](C)O[C@H]1CO. The lowest BCUT2D eigenvalue weighted by Crippen LogP contribution is -2.61. The molecule has 4 N–H and O–H groups in total. The molecule has 0 spiro atoms. The fourth-order valence-electron chi connectivity index (χ4n) is 1.60. The van der Waals surface area contributed by atoms with Crippen LogP contribution >= 0.6 is 0 Å². The maximum Gasteiger partial charge on any atom is 0.113 e. The largest absolute Gasteiger partial charge is 0.394 e. The van der Waals surface area contributed by atoms with Gasteiger partial charge < -0.3 is 25.4 Å². The van der Waals surface area contributed by atoms with Gasteiger partial charge in [-0.2, -0.15) is 0 Å². The van der Waals surface area contributed by atoms with Crippen molar-refractivity contribution in [2.45, 2.75) is 37.4 Å². The zero-order valence-electron chi connectivity index (χ0n) is 7.88. The first kappa shape index (κ1) is 10.9. The second-order valence-electron chi connectivity index (χ2n) is 3.33. The quantitative estimate of drug-likeness (QED) is 0.493. The van der Waals surface area contributed by atoms with Crippen molar-refractivity contribution in [2.75, 3.05) is 13.7 Å². The number of hydrogen-bond acceptors (Lipinski definition) is 5. The van der Waals surface area contributed by atoms with Gasteiger partial charge >= 0.3 is 0 Å². The molecule has 0 aliphatic carbocycles. The van der Waals surface area contributed by atoms with Crippen molar-refractivity contribution in [3.8, 4) is 0 Å². The molecule has 1 rings (SSSR count). The Morgan fingerprint density at radius 3 is 2.62 bits per heavy atom. The molecular formula is C8H17NO4. The number of aliphatic hydroxyl groups is 2. The molecule has 1 aliphatic heterocycles. The third kappa shape index (κ3) is 2.00. The van der Waals surface area contributed by atoms with Gasteiger partial charge in [-0.05, 0) is 6.92 Å². The van der Waals surface area contributed by atoms with E-state index in [0.29, 0.717) is 0 Å². The fourth-order valence-corrected chi connectivity index (χ4v) is 1.60. The lowest BCUT2D eigenvalue weighted by atomic mass is 9.94. The summed E-state index contributed by atoms with van der Waals surface area (Å²) in [6.45, 7) is 1.59. The highest BCUT2D eigenvalue weighted by Gasteiger charge is 2.41. The summed E-state index contributed by atoms with van der Waals surface area (Å²) in [5.41, 5.74) is 5.67. The molecule has 1 aliphatic rings. The van der Waals surface area contributed by atoms with Crippen LogP contribution in [-0.4, -0.2) is 54.4 Å². The molecule has 0 aromatic carbocycles. The third-order valence-corrected chi connectivity index (χ3v) is 2.48. The van der Waals surface area contributed by atoms with E-state index in [2.05, 4.69) is 0 Å². The van der Waals surface area contributed by atoms with E-state index in [1.807, 2.05) is 0 Å². The predicted molar refractivity (Wildman–Crippen MR) is 46.2 cm³/mol. The van der Waals surface area contributed by atoms with E-state index < -0.39 is 24.4 Å². The van der Waals surface area contributed by atoms with E-state index in [9.17, 15) is 5.11 Å². The van der Waals surface area contributed by atoms with Gasteiger partial charge in [-0.1, -0.05) is 0 Å². The molecule has 13 heavy (non-hydrogen) atoms. The first-order valence-electron chi connectivity index (χ1n) is 4.34. The van der Waals surface area contributed by atoms with Crippen LogP contribution in [0.25, 0.3) is 0 Å². The summed E-state index contributed by atoms with van der Waals surface area (Å²) in [5, 5.41) is 18.6. The minimum Gasteiger partial charge on any atom is -0.394 e. The molecule has 0 radical (unpaired) electrons. The molecule has 0 aromatic rings. The van der Waals surface area contributed by atoms with Crippen LogP contribution in [0.5, 0.6) is 0 Å². The Bertz CT molecular complexity index is 164. The van der Waals surface area contributed by atoms with Gasteiger partial charge in [-0.3, -0.25) is 0 Å². The highest BCUT2D eigenvalue weighted by Crippen LogP contribution is 2.21. The van der Waals surface area contributed by atoms with E-state index in [1.165, 1.54) is 7.11 Å². The second-order valence-corrected chi connectivity index (χ2v) is 3.33. The maximum atomic E-state index is 9.67. The lowest BCUT2D eigenvalue weighted by molar-refractivity contribution is -0.193. The predicted octanol–water partition coefficient (Wildman–Crippen LogP) is -1.53. The molecule has 3 unspecified atom stereocenters. The Hall–Kier alpha value is -0.200. The standard InChI is InChI=1S/C8H17NO4/c1-4-6(9)7(11)8(12-2)5(3-10)13-4/h4-8,10-11H,3,9H2,1-2H3/t4-,5-,6?,7?,8?/m0/s1. The molecule has 0 bridgehead atoms. The molecule has 5 nitrogen and oxygen atoms in total. The average Bonchev–Trinajstić information content (AvgIpc) is 2.13. The monoisotopic (exact) mass is 191 g/mol. The highest BCUT2D eigenvalue weighted by molar-refractivity contribution is 4.93. The van der Waals surface area contributed by atoms with Crippen molar-refractivity contribution in [2.24, 2.45) is 5.73 Å². The first-order chi connectivity index (χ1) is 6.11. The van der Waals surface area contributed by atoms with E-state index in [1.54, 1.807) is 6.92 Å². The van der Waals surface area contributed by atoms with E-state index in [4.69, 9.17) is 20.3 Å². The highest BCUT2D eigenvalue weighted by atomic mass is 16.6. The molecular weight excluding hydrogens is 174 g/mol. The number of methoxy groups -OCH3 is 1. The summed E-state index contributed by atoms with van der Waals surface area (Å²) in [5.74, 6) is 0. The van der Waals surface area contributed by atoms with Crippen molar-refractivity contribution >= 4 is 0 Å². The molecule has 0 amide bonds. The smallest absolute Gasteiger partial charge is 0.113 e. The van der Waals surface area contributed by atoms with Gasteiger partial charge in [0.2, 0.25) is 0 Å². The Morgan fingerprint density at radius 1 is 1.54 bits per heavy atom. The Kier molecular flexibility index (Phi) is 3.63. The Balaban J connectivity index is 2.69. The van der Waals surface area contributed by atoms with Gasteiger partial charge in [-0.25, -0.2) is 0 Å².